The Morgan fingerprint density at radius 2 is 2.04 bits per heavy atom. The molecule has 6 heteroatoms. The van der Waals surface area contributed by atoms with Crippen LogP contribution in [0.15, 0.2) is 46.9 Å². The molecule has 2 aromatic carbocycles. The average Bonchev–Trinajstić information content (AvgIpc) is 2.49. The summed E-state index contributed by atoms with van der Waals surface area (Å²) < 4.78 is 7.37. The third-order valence-corrected chi connectivity index (χ3v) is 5.38. The standard InChI is InChI=1S/C17H14BrClN2OS/c1-17-9-14(13-8-11(19)4-7-15(13)22-17)20-16(23)21(17)12-5-2-10(18)3-6-12/h2-8,14H,9H2,1H3,(H,20,23). The molecule has 2 heterocycles. The summed E-state index contributed by atoms with van der Waals surface area (Å²) in [6.45, 7) is 2.08. The second kappa shape index (κ2) is 5.36. The van der Waals surface area contributed by atoms with Gasteiger partial charge in [-0.15, -0.1) is 0 Å². The summed E-state index contributed by atoms with van der Waals surface area (Å²) in [5.74, 6) is 0.852. The molecule has 118 valence electrons. The number of rotatable bonds is 1. The molecule has 3 nitrogen and oxygen atoms in total. The summed E-state index contributed by atoms with van der Waals surface area (Å²) in [4.78, 5) is 2.04. The third kappa shape index (κ3) is 2.51. The minimum absolute atomic E-state index is 0.113. The Bertz CT molecular complexity index is 798. The monoisotopic (exact) mass is 408 g/mol. The van der Waals surface area contributed by atoms with Crippen LogP contribution in [0.2, 0.25) is 5.02 Å². The van der Waals surface area contributed by atoms with E-state index < -0.39 is 5.72 Å². The van der Waals surface area contributed by atoms with Crippen LogP contribution in [0, 0.1) is 0 Å². The zero-order chi connectivity index (χ0) is 16.2. The first-order chi connectivity index (χ1) is 11.0. The molecule has 0 spiro atoms. The van der Waals surface area contributed by atoms with E-state index in [1.54, 1.807) is 0 Å². The van der Waals surface area contributed by atoms with E-state index in [0.717, 1.165) is 27.9 Å². The predicted octanol–water partition coefficient (Wildman–Crippen LogP) is 5.04. The average molecular weight is 410 g/mol. The van der Waals surface area contributed by atoms with E-state index in [9.17, 15) is 0 Å². The molecular weight excluding hydrogens is 396 g/mol. The molecule has 2 aliphatic heterocycles. The second-order valence-electron chi connectivity index (χ2n) is 5.98. The number of nitrogens with one attached hydrogen (secondary N) is 1. The molecule has 0 aromatic heterocycles. The fourth-order valence-electron chi connectivity index (χ4n) is 3.33. The quantitative estimate of drug-likeness (QED) is 0.667. The molecule has 4 rings (SSSR count). The third-order valence-electron chi connectivity index (χ3n) is 4.32. The van der Waals surface area contributed by atoms with Crippen LogP contribution in [0.3, 0.4) is 0 Å². The molecule has 0 aliphatic carbocycles. The van der Waals surface area contributed by atoms with Crippen molar-refractivity contribution in [1.82, 2.24) is 5.32 Å². The van der Waals surface area contributed by atoms with Gasteiger partial charge in [0.1, 0.15) is 5.75 Å². The van der Waals surface area contributed by atoms with Crippen molar-refractivity contribution in [3.05, 3.63) is 57.5 Å². The molecule has 2 aromatic rings. The van der Waals surface area contributed by atoms with Gasteiger partial charge in [0.25, 0.3) is 0 Å². The zero-order valence-electron chi connectivity index (χ0n) is 12.3. The summed E-state index contributed by atoms with van der Waals surface area (Å²) in [6, 6.07) is 13.9. The van der Waals surface area contributed by atoms with E-state index in [4.69, 9.17) is 28.6 Å². The van der Waals surface area contributed by atoms with Gasteiger partial charge >= 0.3 is 0 Å². The number of halogens is 2. The Morgan fingerprint density at radius 1 is 1.30 bits per heavy atom. The number of hydrogen-bond acceptors (Lipinski definition) is 2. The van der Waals surface area contributed by atoms with Crippen molar-refractivity contribution >= 4 is 50.5 Å². The Morgan fingerprint density at radius 3 is 2.78 bits per heavy atom. The number of thiocarbonyl (C=S) groups is 1. The highest BCUT2D eigenvalue weighted by Gasteiger charge is 2.48. The van der Waals surface area contributed by atoms with E-state index >= 15 is 0 Å². The number of hydrogen-bond donors (Lipinski definition) is 1. The van der Waals surface area contributed by atoms with Crippen LogP contribution in [-0.4, -0.2) is 10.8 Å². The number of anilines is 1. The fraction of sp³-hybridized carbons (Fsp3) is 0.235. The minimum atomic E-state index is -0.526. The second-order valence-corrected chi connectivity index (χ2v) is 7.72. The predicted molar refractivity (Wildman–Crippen MR) is 100 cm³/mol. The Balaban J connectivity index is 1.79. The minimum Gasteiger partial charge on any atom is -0.467 e. The van der Waals surface area contributed by atoms with Crippen molar-refractivity contribution in [1.29, 1.82) is 0 Å². The first-order valence-electron chi connectivity index (χ1n) is 7.31. The maximum atomic E-state index is 6.34. The van der Waals surface area contributed by atoms with Crippen LogP contribution in [0.5, 0.6) is 5.75 Å². The van der Waals surface area contributed by atoms with Crippen molar-refractivity contribution in [3.63, 3.8) is 0 Å². The molecule has 0 radical (unpaired) electrons. The lowest BCUT2D eigenvalue weighted by molar-refractivity contribution is 0.0498. The van der Waals surface area contributed by atoms with Gasteiger partial charge in [0.05, 0.1) is 6.04 Å². The lowest BCUT2D eigenvalue weighted by atomic mass is 9.90. The molecule has 0 saturated carbocycles. The highest BCUT2D eigenvalue weighted by atomic mass is 79.9. The van der Waals surface area contributed by atoms with Crippen LogP contribution in [0.4, 0.5) is 5.69 Å². The van der Waals surface area contributed by atoms with Gasteiger partial charge in [-0.2, -0.15) is 0 Å². The largest absolute Gasteiger partial charge is 0.467 e. The molecule has 1 saturated heterocycles. The smallest absolute Gasteiger partial charge is 0.188 e. The molecule has 2 unspecified atom stereocenters. The van der Waals surface area contributed by atoms with Crippen molar-refractivity contribution in [3.8, 4) is 5.75 Å². The maximum Gasteiger partial charge on any atom is 0.188 e. The van der Waals surface area contributed by atoms with Crippen LogP contribution in [-0.2, 0) is 0 Å². The van der Waals surface area contributed by atoms with Crippen molar-refractivity contribution in [2.75, 3.05) is 4.90 Å². The van der Waals surface area contributed by atoms with Gasteiger partial charge in [-0.05, 0) is 61.6 Å². The van der Waals surface area contributed by atoms with Crippen LogP contribution < -0.4 is 15.0 Å². The first-order valence-corrected chi connectivity index (χ1v) is 8.89. The van der Waals surface area contributed by atoms with Gasteiger partial charge in [0, 0.05) is 27.2 Å². The summed E-state index contributed by atoms with van der Waals surface area (Å²) in [6.07, 6.45) is 0.788. The summed E-state index contributed by atoms with van der Waals surface area (Å²) >= 11 is 15.2. The highest BCUT2D eigenvalue weighted by Crippen LogP contribution is 2.46. The van der Waals surface area contributed by atoms with E-state index in [1.807, 2.05) is 47.4 Å². The van der Waals surface area contributed by atoms with E-state index in [-0.39, 0.29) is 6.04 Å². The Kier molecular flexibility index (Phi) is 3.55. The zero-order valence-corrected chi connectivity index (χ0v) is 15.5. The Labute approximate surface area is 153 Å². The first kappa shape index (κ1) is 15.2. The topological polar surface area (TPSA) is 24.5 Å². The highest BCUT2D eigenvalue weighted by molar-refractivity contribution is 9.10. The van der Waals surface area contributed by atoms with Crippen LogP contribution in [0.1, 0.15) is 24.9 Å². The number of benzene rings is 2. The lowest BCUT2D eigenvalue weighted by Crippen LogP contribution is -2.65. The van der Waals surface area contributed by atoms with Crippen molar-refractivity contribution in [2.24, 2.45) is 0 Å². The van der Waals surface area contributed by atoms with Gasteiger partial charge in [-0.1, -0.05) is 27.5 Å². The molecular formula is C17H14BrClN2OS. The molecule has 0 amide bonds. The summed E-state index contributed by atoms with van der Waals surface area (Å²) in [5.41, 5.74) is 1.54. The summed E-state index contributed by atoms with van der Waals surface area (Å²) in [5, 5.41) is 4.80. The molecule has 1 fully saturated rings. The van der Waals surface area contributed by atoms with E-state index in [1.165, 1.54) is 0 Å². The van der Waals surface area contributed by atoms with Crippen LogP contribution >= 0.6 is 39.7 Å². The number of ether oxygens (including phenoxy) is 1. The van der Waals surface area contributed by atoms with Gasteiger partial charge in [-0.25, -0.2) is 0 Å². The van der Waals surface area contributed by atoms with E-state index in [2.05, 4.69) is 28.2 Å². The molecule has 23 heavy (non-hydrogen) atoms. The lowest BCUT2D eigenvalue weighted by Gasteiger charge is -2.52. The SMILES string of the molecule is CC12CC(NC(=S)N1c1ccc(Br)cc1)c1cc(Cl)ccc1O2. The molecule has 2 atom stereocenters. The number of nitrogens with zero attached hydrogens (tertiary/aromatic N) is 1. The molecule has 1 N–H and O–H groups in total. The normalized spacial score (nSPS) is 25.4. The van der Waals surface area contributed by atoms with Gasteiger partial charge in [0.15, 0.2) is 10.8 Å². The van der Waals surface area contributed by atoms with Gasteiger partial charge < -0.3 is 10.1 Å². The summed E-state index contributed by atoms with van der Waals surface area (Å²) in [7, 11) is 0. The van der Waals surface area contributed by atoms with Gasteiger partial charge in [0.2, 0.25) is 0 Å². The Hall–Kier alpha value is -1.30. The molecule has 2 aliphatic rings. The van der Waals surface area contributed by atoms with Crippen molar-refractivity contribution < 1.29 is 4.74 Å². The van der Waals surface area contributed by atoms with Gasteiger partial charge in [-0.3, -0.25) is 4.90 Å². The van der Waals surface area contributed by atoms with E-state index in [0.29, 0.717) is 10.1 Å². The fourth-order valence-corrected chi connectivity index (χ4v) is 4.21. The maximum absolute atomic E-state index is 6.34. The van der Waals surface area contributed by atoms with Crippen LogP contribution in [0.25, 0.3) is 0 Å². The van der Waals surface area contributed by atoms with Crippen molar-refractivity contribution in [2.45, 2.75) is 25.1 Å². The number of fused-ring (bicyclic) bond motifs is 4. The molecule has 2 bridgehead atoms.